The Hall–Kier alpha value is -2.65. The number of amides is 2. The molecule has 4 N–H and O–H groups in total. The van der Waals surface area contributed by atoms with E-state index in [2.05, 4.69) is 5.32 Å². The summed E-state index contributed by atoms with van der Waals surface area (Å²) in [4.78, 5) is 39.2. The van der Waals surface area contributed by atoms with Crippen molar-refractivity contribution in [3.8, 4) is 11.5 Å². The van der Waals surface area contributed by atoms with Crippen LogP contribution in [0.1, 0.15) is 31.4 Å². The summed E-state index contributed by atoms with van der Waals surface area (Å²) in [6, 6.07) is 3.69. The van der Waals surface area contributed by atoms with Gasteiger partial charge in [0.1, 0.15) is 0 Å². The first kappa shape index (κ1) is 20.1. The highest BCUT2D eigenvalue weighted by atomic mass is 16.5. The van der Waals surface area contributed by atoms with Gasteiger partial charge in [0.05, 0.1) is 25.6 Å². The van der Waals surface area contributed by atoms with Crippen molar-refractivity contribution in [1.82, 2.24) is 10.2 Å². The molecule has 9 nitrogen and oxygen atoms in total. The molecular formula is C19H24N2O7. The number of likely N-dealkylation sites (tertiary alicyclic amines) is 1. The summed E-state index contributed by atoms with van der Waals surface area (Å²) in [5, 5.41) is 33.0. The molecule has 152 valence electrons. The van der Waals surface area contributed by atoms with Crippen LogP contribution in [0.15, 0.2) is 18.2 Å². The first-order valence-electron chi connectivity index (χ1n) is 9.17. The van der Waals surface area contributed by atoms with Crippen LogP contribution in [-0.4, -0.2) is 63.8 Å². The number of aliphatic carboxylic acids is 1. The number of aromatic hydroxyl groups is 1. The number of fused-ring (bicyclic) bond motifs is 1. The number of hydrogen-bond acceptors (Lipinski definition) is 7. The number of carbonyl (C=O) groups excluding carboxylic acids is 2. The van der Waals surface area contributed by atoms with Crippen molar-refractivity contribution in [3.05, 3.63) is 23.8 Å². The molecule has 0 spiro atoms. The van der Waals surface area contributed by atoms with E-state index in [4.69, 9.17) is 4.74 Å². The van der Waals surface area contributed by atoms with E-state index < -0.39 is 47.8 Å². The largest absolute Gasteiger partial charge is 0.504 e. The average Bonchev–Trinajstić information content (AvgIpc) is 3.15. The molecule has 0 aliphatic carbocycles. The van der Waals surface area contributed by atoms with E-state index in [1.165, 1.54) is 19.2 Å². The van der Waals surface area contributed by atoms with E-state index >= 15 is 0 Å². The zero-order chi connectivity index (χ0) is 20.6. The van der Waals surface area contributed by atoms with Crippen LogP contribution in [0.4, 0.5) is 0 Å². The predicted octanol–water partition coefficient (Wildman–Crippen LogP) is 0.262. The predicted molar refractivity (Wildman–Crippen MR) is 96.6 cm³/mol. The fourth-order valence-electron chi connectivity index (χ4n) is 4.23. The number of unbranched alkanes of at least 4 members (excludes halogenated alkanes) is 1. The standard InChI is InChI=1S/C19H24N2O7/c1-3-4-8-21-16(24)12-13(17(21)25)19(9-22,18(26)27)20-14(12)10-6-5-7-11(28-2)15(10)23/h5-7,12-14,20,22-23H,3-4,8-9H2,1-2H3,(H,26,27). The molecule has 0 radical (unpaired) electrons. The quantitative estimate of drug-likeness (QED) is 0.485. The van der Waals surface area contributed by atoms with E-state index in [-0.39, 0.29) is 23.6 Å². The third-order valence-corrected chi connectivity index (χ3v) is 5.70. The SMILES string of the molecule is CCCCN1C(=O)C2C(c3cccc(OC)c3O)NC(CO)(C(=O)O)C2C1=O. The van der Waals surface area contributed by atoms with Gasteiger partial charge in [0.2, 0.25) is 11.8 Å². The maximum atomic E-state index is 13.1. The summed E-state index contributed by atoms with van der Waals surface area (Å²) < 4.78 is 5.10. The number of ether oxygens (including phenoxy) is 1. The second kappa shape index (κ2) is 7.40. The number of methoxy groups -OCH3 is 1. The number of nitrogens with one attached hydrogen (secondary N) is 1. The Morgan fingerprint density at radius 3 is 2.61 bits per heavy atom. The van der Waals surface area contributed by atoms with Gasteiger partial charge in [-0.3, -0.25) is 24.6 Å². The maximum Gasteiger partial charge on any atom is 0.327 e. The number of rotatable bonds is 7. The molecule has 0 aromatic heterocycles. The number of imide groups is 1. The van der Waals surface area contributed by atoms with Gasteiger partial charge in [0.25, 0.3) is 0 Å². The highest BCUT2D eigenvalue weighted by Crippen LogP contribution is 2.51. The zero-order valence-corrected chi connectivity index (χ0v) is 15.7. The van der Waals surface area contributed by atoms with Crippen LogP contribution in [0, 0.1) is 11.8 Å². The molecule has 2 amide bonds. The molecule has 0 saturated carbocycles. The van der Waals surface area contributed by atoms with Crippen LogP contribution in [0.25, 0.3) is 0 Å². The summed E-state index contributed by atoms with van der Waals surface area (Å²) >= 11 is 0. The molecule has 2 saturated heterocycles. The van der Waals surface area contributed by atoms with Gasteiger partial charge in [-0.25, -0.2) is 0 Å². The molecule has 2 fully saturated rings. The Morgan fingerprint density at radius 2 is 2.04 bits per heavy atom. The monoisotopic (exact) mass is 392 g/mol. The summed E-state index contributed by atoms with van der Waals surface area (Å²) in [6.07, 6.45) is 1.35. The Kier molecular flexibility index (Phi) is 5.31. The average molecular weight is 392 g/mol. The first-order valence-corrected chi connectivity index (χ1v) is 9.17. The smallest absolute Gasteiger partial charge is 0.327 e. The van der Waals surface area contributed by atoms with E-state index in [0.29, 0.717) is 6.42 Å². The molecule has 1 aromatic rings. The van der Waals surface area contributed by atoms with Gasteiger partial charge in [0, 0.05) is 18.2 Å². The zero-order valence-electron chi connectivity index (χ0n) is 15.7. The van der Waals surface area contributed by atoms with Crippen molar-refractivity contribution >= 4 is 17.8 Å². The number of aliphatic hydroxyl groups is 1. The fraction of sp³-hybridized carbons (Fsp3) is 0.526. The summed E-state index contributed by atoms with van der Waals surface area (Å²) in [5.74, 6) is -4.94. The molecule has 9 heteroatoms. The molecule has 2 aliphatic heterocycles. The van der Waals surface area contributed by atoms with Crippen molar-refractivity contribution < 1.29 is 34.4 Å². The van der Waals surface area contributed by atoms with Gasteiger partial charge < -0.3 is 20.1 Å². The number of nitrogens with zero attached hydrogens (tertiary/aromatic N) is 1. The number of phenols is 1. The number of para-hydroxylation sites is 1. The molecule has 4 unspecified atom stereocenters. The van der Waals surface area contributed by atoms with Crippen LogP contribution in [0.2, 0.25) is 0 Å². The molecule has 28 heavy (non-hydrogen) atoms. The van der Waals surface area contributed by atoms with Crippen LogP contribution < -0.4 is 10.1 Å². The summed E-state index contributed by atoms with van der Waals surface area (Å²) in [5.41, 5.74) is -1.78. The molecular weight excluding hydrogens is 368 g/mol. The fourth-order valence-corrected chi connectivity index (χ4v) is 4.23. The van der Waals surface area contributed by atoms with Crippen molar-refractivity contribution in [3.63, 3.8) is 0 Å². The highest BCUT2D eigenvalue weighted by Gasteiger charge is 2.68. The Bertz CT molecular complexity index is 811. The number of carboxylic acids is 1. The van der Waals surface area contributed by atoms with Crippen molar-refractivity contribution in [2.24, 2.45) is 11.8 Å². The van der Waals surface area contributed by atoms with Crippen LogP contribution in [0.3, 0.4) is 0 Å². The third-order valence-electron chi connectivity index (χ3n) is 5.70. The van der Waals surface area contributed by atoms with Gasteiger partial charge >= 0.3 is 5.97 Å². The van der Waals surface area contributed by atoms with Gasteiger partial charge in [-0.2, -0.15) is 0 Å². The van der Waals surface area contributed by atoms with Crippen LogP contribution >= 0.6 is 0 Å². The molecule has 0 bridgehead atoms. The van der Waals surface area contributed by atoms with E-state index in [9.17, 15) is 29.7 Å². The maximum absolute atomic E-state index is 13.1. The van der Waals surface area contributed by atoms with Crippen molar-refractivity contribution in [2.45, 2.75) is 31.3 Å². The van der Waals surface area contributed by atoms with Gasteiger partial charge in [-0.1, -0.05) is 25.5 Å². The minimum absolute atomic E-state index is 0.160. The third kappa shape index (κ3) is 2.73. The second-order valence-corrected chi connectivity index (χ2v) is 7.14. The molecule has 3 rings (SSSR count). The van der Waals surface area contributed by atoms with Crippen LogP contribution in [-0.2, 0) is 14.4 Å². The summed E-state index contributed by atoms with van der Waals surface area (Å²) in [7, 11) is 1.37. The van der Waals surface area contributed by atoms with Crippen molar-refractivity contribution in [2.75, 3.05) is 20.3 Å². The van der Waals surface area contributed by atoms with E-state index in [1.807, 2.05) is 6.92 Å². The minimum Gasteiger partial charge on any atom is -0.504 e. The lowest BCUT2D eigenvalue weighted by Crippen LogP contribution is -2.58. The first-order chi connectivity index (χ1) is 13.3. The van der Waals surface area contributed by atoms with E-state index in [1.54, 1.807) is 6.07 Å². The number of carboxylic acid groups (broad SMARTS) is 1. The van der Waals surface area contributed by atoms with E-state index in [0.717, 1.165) is 11.3 Å². The number of carbonyl (C=O) groups is 3. The molecule has 2 heterocycles. The Labute approximate surface area is 161 Å². The van der Waals surface area contributed by atoms with Gasteiger partial charge in [-0.15, -0.1) is 0 Å². The molecule has 2 aliphatic rings. The lowest BCUT2D eigenvalue weighted by Gasteiger charge is -2.29. The number of phenolic OH excluding ortho intramolecular Hbond substituents is 1. The van der Waals surface area contributed by atoms with Crippen molar-refractivity contribution in [1.29, 1.82) is 0 Å². The normalized spacial score (nSPS) is 29.2. The summed E-state index contributed by atoms with van der Waals surface area (Å²) in [6.45, 7) is 1.24. The second-order valence-electron chi connectivity index (χ2n) is 7.14. The minimum atomic E-state index is -2.02. The lowest BCUT2D eigenvalue weighted by atomic mass is 9.79. The lowest BCUT2D eigenvalue weighted by molar-refractivity contribution is -0.153. The molecule has 1 aromatic carbocycles. The Balaban J connectivity index is 2.12. The highest BCUT2D eigenvalue weighted by molar-refractivity contribution is 6.09. The molecule has 4 atom stereocenters. The Morgan fingerprint density at radius 1 is 1.32 bits per heavy atom. The number of aliphatic hydroxyl groups excluding tert-OH is 1. The number of benzene rings is 1. The van der Waals surface area contributed by atoms with Gasteiger partial charge in [-0.05, 0) is 12.5 Å². The number of hydrogen-bond donors (Lipinski definition) is 4. The topological polar surface area (TPSA) is 136 Å². The van der Waals surface area contributed by atoms with Gasteiger partial charge in [0.15, 0.2) is 17.0 Å². The van der Waals surface area contributed by atoms with Crippen LogP contribution in [0.5, 0.6) is 11.5 Å².